The van der Waals surface area contributed by atoms with Gasteiger partial charge in [0.05, 0.1) is 0 Å². The second-order valence-electron chi connectivity index (χ2n) is 3.11. The maximum Gasteiger partial charge on any atom is 0.204 e. The zero-order valence-electron chi connectivity index (χ0n) is 9.17. The highest BCUT2D eigenvalue weighted by Gasteiger charge is 1.96. The molecule has 0 aromatic carbocycles. The highest BCUT2D eigenvalue weighted by Crippen LogP contribution is 2.17. The van der Waals surface area contributed by atoms with Gasteiger partial charge in [-0.1, -0.05) is 35.0 Å². The molecule has 1 N–H and O–H groups in total. The maximum absolute atomic E-state index is 10.1. The quantitative estimate of drug-likeness (QED) is 0.479. The summed E-state index contributed by atoms with van der Waals surface area (Å²) < 4.78 is 0.933. The Morgan fingerprint density at radius 3 is 2.40 bits per heavy atom. The van der Waals surface area contributed by atoms with Crippen molar-refractivity contribution in [3.63, 3.8) is 0 Å². The molecule has 0 aliphatic rings. The van der Waals surface area contributed by atoms with Crippen molar-refractivity contribution in [2.24, 2.45) is 0 Å². The summed E-state index contributed by atoms with van der Waals surface area (Å²) in [6.45, 7) is 5.70. The molecule has 2 nitrogen and oxygen atoms in total. The van der Waals surface area contributed by atoms with E-state index in [2.05, 4.69) is 28.9 Å². The molecular formula is C12H15BrO2. The molecule has 0 bridgehead atoms. The van der Waals surface area contributed by atoms with E-state index in [-0.39, 0.29) is 5.76 Å². The third-order valence-corrected chi connectivity index (χ3v) is 2.73. The number of halogens is 1. The molecule has 3 heteroatoms. The number of hydrogen-bond donors (Lipinski definition) is 1. The van der Waals surface area contributed by atoms with Crippen LogP contribution in [0.5, 0.6) is 0 Å². The van der Waals surface area contributed by atoms with Crippen LogP contribution in [0.4, 0.5) is 0 Å². The van der Waals surface area contributed by atoms with Gasteiger partial charge in [-0.05, 0) is 31.9 Å². The Hall–Kier alpha value is -1.05. The largest absolute Gasteiger partial charge is 0.499 e. The van der Waals surface area contributed by atoms with Gasteiger partial charge in [0.1, 0.15) is 0 Å². The molecule has 0 aliphatic carbocycles. The Morgan fingerprint density at radius 1 is 1.33 bits per heavy atom. The third kappa shape index (κ3) is 5.40. The monoisotopic (exact) mass is 270 g/mol. The van der Waals surface area contributed by atoms with Crippen LogP contribution in [0.15, 0.2) is 39.6 Å². The average molecular weight is 271 g/mol. The Morgan fingerprint density at radius 2 is 1.93 bits per heavy atom. The molecule has 0 saturated heterocycles. The van der Waals surface area contributed by atoms with Gasteiger partial charge in [0.2, 0.25) is 5.76 Å². The summed E-state index contributed by atoms with van der Waals surface area (Å²) in [7, 11) is 0. The minimum Gasteiger partial charge on any atom is -0.499 e. The van der Waals surface area contributed by atoms with Gasteiger partial charge in [0.25, 0.3) is 0 Å². The molecule has 0 amide bonds. The maximum atomic E-state index is 10.1. The molecule has 0 fully saturated rings. The van der Waals surface area contributed by atoms with E-state index >= 15 is 0 Å². The van der Waals surface area contributed by atoms with E-state index in [1.807, 2.05) is 6.92 Å². The minimum atomic E-state index is -0.358. The van der Waals surface area contributed by atoms with Crippen molar-refractivity contribution in [2.75, 3.05) is 0 Å². The molecule has 0 heterocycles. The lowest BCUT2D eigenvalue weighted by Crippen LogP contribution is -1.83. The van der Waals surface area contributed by atoms with E-state index in [0.29, 0.717) is 5.57 Å². The number of hydrogen-bond acceptors (Lipinski definition) is 2. The summed E-state index contributed by atoms with van der Waals surface area (Å²) in [5, 5.41) is 9.05. The topological polar surface area (TPSA) is 37.3 Å². The molecule has 0 radical (unpaired) electrons. The minimum absolute atomic E-state index is 0.358. The predicted molar refractivity (Wildman–Crippen MR) is 66.7 cm³/mol. The lowest BCUT2D eigenvalue weighted by atomic mass is 10.2. The molecule has 82 valence electrons. The van der Waals surface area contributed by atoms with Gasteiger partial charge < -0.3 is 5.11 Å². The van der Waals surface area contributed by atoms with Crippen molar-refractivity contribution in [3.8, 4) is 0 Å². The summed E-state index contributed by atoms with van der Waals surface area (Å²) in [5.74, 6) is 1.08. The van der Waals surface area contributed by atoms with E-state index < -0.39 is 0 Å². The highest BCUT2D eigenvalue weighted by molar-refractivity contribution is 9.12. The van der Waals surface area contributed by atoms with Crippen LogP contribution in [0.25, 0.3) is 0 Å². The average Bonchev–Trinajstić information content (AvgIpc) is 2.24. The SMILES string of the molecule is CC/C=C(C)/C(Br)=C\C=C(/C)C(O)=C=O. The molecule has 0 unspecified atom stereocenters. The fourth-order valence-electron chi connectivity index (χ4n) is 0.893. The molecule has 15 heavy (non-hydrogen) atoms. The molecule has 0 rings (SSSR count). The fourth-order valence-corrected chi connectivity index (χ4v) is 1.19. The van der Waals surface area contributed by atoms with Crippen LogP contribution in [0.3, 0.4) is 0 Å². The van der Waals surface area contributed by atoms with Gasteiger partial charge in [0, 0.05) is 10.1 Å². The Balaban J connectivity index is 4.80. The van der Waals surface area contributed by atoms with Crippen LogP contribution < -0.4 is 0 Å². The van der Waals surface area contributed by atoms with E-state index in [4.69, 9.17) is 5.11 Å². The van der Waals surface area contributed by atoms with Crippen LogP contribution in [0, 0.1) is 0 Å². The van der Waals surface area contributed by atoms with Crippen LogP contribution in [0.1, 0.15) is 27.2 Å². The molecule has 0 saturated carbocycles. The first kappa shape index (κ1) is 13.9. The van der Waals surface area contributed by atoms with E-state index in [0.717, 1.165) is 16.5 Å². The van der Waals surface area contributed by atoms with E-state index in [9.17, 15) is 4.79 Å². The Labute approximate surface area is 98.8 Å². The van der Waals surface area contributed by atoms with Crippen molar-refractivity contribution in [1.29, 1.82) is 0 Å². The summed E-state index contributed by atoms with van der Waals surface area (Å²) in [6.07, 6.45) is 6.51. The first-order valence-electron chi connectivity index (χ1n) is 4.68. The first-order chi connectivity index (χ1) is 7.02. The molecule has 0 atom stereocenters. The van der Waals surface area contributed by atoms with Crippen molar-refractivity contribution in [3.05, 3.63) is 39.6 Å². The van der Waals surface area contributed by atoms with Crippen LogP contribution >= 0.6 is 15.9 Å². The second kappa shape index (κ2) is 7.27. The molecule has 0 aromatic heterocycles. The number of aliphatic hydroxyl groups excluding tert-OH is 1. The van der Waals surface area contributed by atoms with Gasteiger partial charge in [-0.3, -0.25) is 0 Å². The standard InChI is InChI=1S/C12H15BrO2/c1-4-5-9(2)11(13)7-6-10(3)12(15)8-14/h5-7,15H,4H2,1-3H3/b9-5+,10-6+,11-7+. The van der Waals surface area contributed by atoms with E-state index in [1.54, 1.807) is 19.1 Å². The van der Waals surface area contributed by atoms with Gasteiger partial charge in [-0.2, -0.15) is 0 Å². The summed E-state index contributed by atoms with van der Waals surface area (Å²) in [4.78, 5) is 10.1. The van der Waals surface area contributed by atoms with Gasteiger partial charge in [0.15, 0.2) is 5.94 Å². The lowest BCUT2D eigenvalue weighted by molar-refractivity contribution is 0.423. The Kier molecular flexibility index (Phi) is 6.76. The number of rotatable bonds is 4. The highest BCUT2D eigenvalue weighted by atomic mass is 79.9. The van der Waals surface area contributed by atoms with Crippen molar-refractivity contribution in [1.82, 2.24) is 0 Å². The molecule has 0 spiro atoms. The zero-order valence-corrected chi connectivity index (χ0v) is 10.8. The van der Waals surface area contributed by atoms with Crippen LogP contribution in [0.2, 0.25) is 0 Å². The lowest BCUT2D eigenvalue weighted by Gasteiger charge is -1.97. The normalized spacial score (nSPS) is 13.7. The number of aliphatic hydroxyl groups is 1. The zero-order chi connectivity index (χ0) is 11.8. The van der Waals surface area contributed by atoms with E-state index in [1.165, 1.54) is 5.94 Å². The van der Waals surface area contributed by atoms with Gasteiger partial charge >= 0.3 is 0 Å². The first-order valence-corrected chi connectivity index (χ1v) is 5.47. The van der Waals surface area contributed by atoms with Gasteiger partial charge in [-0.15, -0.1) is 0 Å². The summed E-state index contributed by atoms with van der Waals surface area (Å²) >= 11 is 3.40. The fraction of sp³-hybridized carbons (Fsp3) is 0.333. The molecule has 0 aromatic rings. The van der Waals surface area contributed by atoms with Crippen molar-refractivity contribution < 1.29 is 9.90 Å². The van der Waals surface area contributed by atoms with Crippen molar-refractivity contribution >= 4 is 21.9 Å². The summed E-state index contributed by atoms with van der Waals surface area (Å²) in [5.41, 5.74) is 1.61. The van der Waals surface area contributed by atoms with Crippen molar-refractivity contribution in [2.45, 2.75) is 27.2 Å². The number of carbonyl (C=O) groups excluding carboxylic acids is 1. The number of allylic oxidation sites excluding steroid dienone is 6. The second-order valence-corrected chi connectivity index (χ2v) is 3.96. The molecule has 0 aliphatic heterocycles. The van der Waals surface area contributed by atoms with Crippen LogP contribution in [-0.2, 0) is 4.79 Å². The van der Waals surface area contributed by atoms with Gasteiger partial charge in [-0.25, -0.2) is 4.79 Å². The predicted octanol–water partition coefficient (Wildman–Crippen LogP) is 3.84. The van der Waals surface area contributed by atoms with Crippen LogP contribution in [-0.4, -0.2) is 11.0 Å². The smallest absolute Gasteiger partial charge is 0.204 e. The Bertz CT molecular complexity index is 356. The summed E-state index contributed by atoms with van der Waals surface area (Å²) in [6, 6.07) is 0. The third-order valence-electron chi connectivity index (χ3n) is 1.84. The molecular weight excluding hydrogens is 256 g/mol.